The Labute approximate surface area is 164 Å². The number of aliphatic hydroxyl groups excluding tert-OH is 5. The number of aliphatic hydroxyl groups is 5. The molecule has 3 rings (SSSR count). The topological polar surface area (TPSA) is 167 Å². The summed E-state index contributed by atoms with van der Waals surface area (Å²) in [5.41, 5.74) is -0.0707. The first kappa shape index (κ1) is 21.4. The van der Waals surface area contributed by atoms with Crippen molar-refractivity contribution in [3.63, 3.8) is 0 Å². The van der Waals surface area contributed by atoms with Crippen molar-refractivity contribution in [1.82, 2.24) is 0 Å². The van der Waals surface area contributed by atoms with E-state index in [-0.39, 0.29) is 34.7 Å². The maximum atomic E-state index is 12.4. The van der Waals surface area contributed by atoms with Gasteiger partial charge in [0.05, 0.1) is 12.0 Å². The molecular weight excluding hydrogens is 388 g/mol. The molecule has 5 N–H and O–H groups in total. The summed E-state index contributed by atoms with van der Waals surface area (Å²) >= 11 is 0. The van der Waals surface area contributed by atoms with E-state index in [1.54, 1.807) is 0 Å². The second-order valence-corrected chi connectivity index (χ2v) is 6.88. The fourth-order valence-electron chi connectivity index (χ4n) is 3.25. The Hall–Kier alpha value is -2.34. The number of hydrogen-bond acceptors (Lipinski definition) is 10. The van der Waals surface area contributed by atoms with E-state index in [0.717, 1.165) is 6.07 Å². The monoisotopic (exact) mass is 410 g/mol. The van der Waals surface area contributed by atoms with Crippen molar-refractivity contribution in [1.29, 1.82) is 0 Å². The molecule has 5 atom stereocenters. The van der Waals surface area contributed by atoms with E-state index < -0.39 is 49.3 Å². The van der Waals surface area contributed by atoms with Crippen LogP contribution < -0.4 is 10.2 Å². The quantitative estimate of drug-likeness (QED) is 0.382. The van der Waals surface area contributed by atoms with Gasteiger partial charge in [0.25, 0.3) is 0 Å². The van der Waals surface area contributed by atoms with Gasteiger partial charge in [-0.05, 0) is 18.6 Å². The van der Waals surface area contributed by atoms with Crippen LogP contribution in [0.4, 0.5) is 0 Å². The smallest absolute Gasteiger partial charge is 0.229 e. The highest BCUT2D eigenvalue weighted by Gasteiger charge is 2.44. The third kappa shape index (κ3) is 4.32. The van der Waals surface area contributed by atoms with Crippen molar-refractivity contribution in [3.05, 3.63) is 39.7 Å². The van der Waals surface area contributed by atoms with E-state index >= 15 is 0 Å². The van der Waals surface area contributed by atoms with Gasteiger partial charge in [0.15, 0.2) is 5.43 Å². The number of hydrogen-bond donors (Lipinski definition) is 5. The second-order valence-electron chi connectivity index (χ2n) is 6.88. The molecule has 1 aliphatic heterocycles. The molecule has 1 fully saturated rings. The van der Waals surface area contributed by atoms with E-state index in [1.807, 2.05) is 0 Å². The van der Waals surface area contributed by atoms with E-state index in [9.17, 15) is 35.1 Å². The Morgan fingerprint density at radius 2 is 1.83 bits per heavy atom. The van der Waals surface area contributed by atoms with E-state index in [2.05, 4.69) is 0 Å². The first-order chi connectivity index (χ1) is 13.7. The fraction of sp³-hybridized carbons (Fsp3) is 0.474. The lowest BCUT2D eigenvalue weighted by Gasteiger charge is -2.39. The Kier molecular flexibility index (Phi) is 6.32. The van der Waals surface area contributed by atoms with Gasteiger partial charge in [-0.3, -0.25) is 9.59 Å². The molecule has 10 nitrogen and oxygen atoms in total. The van der Waals surface area contributed by atoms with Crippen LogP contribution >= 0.6 is 0 Å². The van der Waals surface area contributed by atoms with E-state index in [1.165, 1.54) is 19.1 Å². The highest BCUT2D eigenvalue weighted by atomic mass is 16.7. The van der Waals surface area contributed by atoms with Crippen LogP contribution in [0, 0.1) is 0 Å². The van der Waals surface area contributed by atoms with Crippen LogP contribution in [0.5, 0.6) is 5.75 Å². The van der Waals surface area contributed by atoms with Crippen molar-refractivity contribution in [2.45, 2.75) is 50.7 Å². The van der Waals surface area contributed by atoms with Crippen LogP contribution in [0.3, 0.4) is 0 Å². The van der Waals surface area contributed by atoms with Gasteiger partial charge in [0, 0.05) is 18.6 Å². The van der Waals surface area contributed by atoms with Gasteiger partial charge in [0.1, 0.15) is 53.9 Å². The van der Waals surface area contributed by atoms with Crippen molar-refractivity contribution in [2.75, 3.05) is 6.61 Å². The van der Waals surface area contributed by atoms with Crippen LogP contribution in [0.2, 0.25) is 0 Å². The molecule has 0 saturated carbocycles. The van der Waals surface area contributed by atoms with Gasteiger partial charge >= 0.3 is 0 Å². The average molecular weight is 410 g/mol. The highest BCUT2D eigenvalue weighted by molar-refractivity contribution is 5.88. The highest BCUT2D eigenvalue weighted by Crippen LogP contribution is 2.29. The van der Waals surface area contributed by atoms with Crippen LogP contribution in [-0.4, -0.2) is 68.6 Å². The second kappa shape index (κ2) is 8.57. The fourth-order valence-corrected chi connectivity index (χ4v) is 3.25. The Bertz CT molecular complexity index is 950. The number of fused-ring (bicyclic) bond motifs is 1. The number of benzene rings is 1. The van der Waals surface area contributed by atoms with Gasteiger partial charge in [-0.2, -0.15) is 0 Å². The molecule has 0 bridgehead atoms. The molecule has 1 saturated heterocycles. The number of ketones is 1. The molecule has 158 valence electrons. The Morgan fingerprint density at radius 1 is 1.10 bits per heavy atom. The molecule has 2 heterocycles. The van der Waals surface area contributed by atoms with Gasteiger partial charge in [-0.1, -0.05) is 0 Å². The van der Waals surface area contributed by atoms with Crippen LogP contribution in [0.15, 0.2) is 27.4 Å². The molecular formula is C19H22O10. The minimum atomic E-state index is -1.63. The van der Waals surface area contributed by atoms with E-state index in [0.29, 0.717) is 5.56 Å². The Morgan fingerprint density at radius 3 is 2.45 bits per heavy atom. The molecule has 29 heavy (non-hydrogen) atoms. The predicted molar refractivity (Wildman–Crippen MR) is 97.2 cm³/mol. The minimum absolute atomic E-state index is 0.0151. The normalized spacial score (nSPS) is 27.2. The predicted octanol–water partition coefficient (Wildman–Crippen LogP) is -1.40. The SMILES string of the molecule is CC(=O)Cc1cc(O[C@@H]2O[C@H](CO)[C@@H](O)[C@H](O)[C@H]2O)cc2oc(CO)cc(=O)c12. The van der Waals surface area contributed by atoms with E-state index in [4.69, 9.17) is 13.9 Å². The maximum Gasteiger partial charge on any atom is 0.229 e. The van der Waals surface area contributed by atoms with Crippen molar-refractivity contribution >= 4 is 16.8 Å². The summed E-state index contributed by atoms with van der Waals surface area (Å²) in [6.45, 7) is 0.221. The molecule has 0 amide bonds. The molecule has 10 heteroatoms. The lowest BCUT2D eigenvalue weighted by molar-refractivity contribution is -0.277. The van der Waals surface area contributed by atoms with Crippen LogP contribution in [0.1, 0.15) is 18.2 Å². The number of Topliss-reactive ketones (excluding diaryl/α,β-unsaturated/α-hetero) is 1. The summed E-state index contributed by atoms with van der Waals surface area (Å²) in [7, 11) is 0. The number of carbonyl (C=O) groups excluding carboxylic acids is 1. The molecule has 0 spiro atoms. The van der Waals surface area contributed by atoms with Crippen molar-refractivity contribution < 1.29 is 44.2 Å². The largest absolute Gasteiger partial charge is 0.462 e. The summed E-state index contributed by atoms with van der Waals surface area (Å²) in [4.78, 5) is 24.0. The first-order valence-corrected chi connectivity index (χ1v) is 8.92. The number of carbonyl (C=O) groups is 1. The number of rotatable bonds is 6. The maximum absolute atomic E-state index is 12.4. The zero-order valence-corrected chi connectivity index (χ0v) is 15.5. The molecule has 1 aromatic heterocycles. The van der Waals surface area contributed by atoms with Gasteiger partial charge < -0.3 is 39.4 Å². The summed E-state index contributed by atoms with van der Waals surface area (Å²) in [5, 5.41) is 48.6. The van der Waals surface area contributed by atoms with Crippen molar-refractivity contribution in [3.8, 4) is 5.75 Å². The standard InChI is InChI=1S/C19H22O10/c1-8(22)2-9-3-10(5-13-15(9)12(23)4-11(6-20)27-13)28-19-18(26)17(25)16(24)14(7-21)29-19/h3-5,14,16-21,24-26H,2,6-7H2,1H3/t14-,16-,17+,18-,19-/m1/s1. The van der Waals surface area contributed by atoms with Gasteiger partial charge in [-0.15, -0.1) is 0 Å². The zero-order valence-electron chi connectivity index (χ0n) is 15.5. The lowest BCUT2D eigenvalue weighted by Crippen LogP contribution is -2.60. The Balaban J connectivity index is 2.02. The first-order valence-electron chi connectivity index (χ1n) is 8.92. The zero-order chi connectivity index (χ0) is 21.3. The van der Waals surface area contributed by atoms with Crippen molar-refractivity contribution in [2.24, 2.45) is 0 Å². The molecule has 1 aliphatic rings. The summed E-state index contributed by atoms with van der Waals surface area (Å²) < 4.78 is 16.4. The molecule has 0 radical (unpaired) electrons. The lowest BCUT2D eigenvalue weighted by atomic mass is 9.99. The molecule has 0 aliphatic carbocycles. The van der Waals surface area contributed by atoms with Crippen LogP contribution in [0.25, 0.3) is 11.0 Å². The summed E-state index contributed by atoms with van der Waals surface area (Å²) in [6.07, 6.45) is -7.48. The molecule has 0 unspecified atom stereocenters. The van der Waals surface area contributed by atoms with Crippen LogP contribution in [-0.2, 0) is 22.6 Å². The third-order valence-corrected chi connectivity index (χ3v) is 4.63. The molecule has 2 aromatic rings. The minimum Gasteiger partial charge on any atom is -0.462 e. The summed E-state index contributed by atoms with van der Waals surface area (Å²) in [6, 6.07) is 3.85. The average Bonchev–Trinajstić information content (AvgIpc) is 2.67. The third-order valence-electron chi connectivity index (χ3n) is 4.63. The summed E-state index contributed by atoms with van der Waals surface area (Å²) in [5.74, 6) is -0.153. The number of ether oxygens (including phenoxy) is 2. The van der Waals surface area contributed by atoms with Gasteiger partial charge in [0.2, 0.25) is 6.29 Å². The molecule has 1 aromatic carbocycles. The van der Waals surface area contributed by atoms with Gasteiger partial charge in [-0.25, -0.2) is 0 Å².